The molecular weight excluding hydrogens is 392 g/mol. The van der Waals surface area contributed by atoms with Gasteiger partial charge in [0.2, 0.25) is 0 Å². The highest BCUT2D eigenvalue weighted by atomic mass is 16.4. The topological polar surface area (TPSA) is 80.3 Å². The lowest BCUT2D eigenvalue weighted by molar-refractivity contribution is 0.250. The van der Waals surface area contributed by atoms with Gasteiger partial charge < -0.3 is 9.32 Å². The minimum absolute atomic E-state index is 0.265. The monoisotopic (exact) mass is 416 g/mol. The van der Waals surface area contributed by atoms with E-state index in [0.717, 1.165) is 78.9 Å². The van der Waals surface area contributed by atoms with Gasteiger partial charge in [0, 0.05) is 51.2 Å². The molecule has 0 saturated carbocycles. The summed E-state index contributed by atoms with van der Waals surface area (Å²) >= 11 is 0. The van der Waals surface area contributed by atoms with Crippen LogP contribution in [-0.2, 0) is 26.4 Å². The summed E-state index contributed by atoms with van der Waals surface area (Å²) in [5, 5.41) is 6.39. The van der Waals surface area contributed by atoms with Gasteiger partial charge in [-0.05, 0) is 48.1 Å². The summed E-state index contributed by atoms with van der Waals surface area (Å²) in [6.07, 6.45) is 6.82. The lowest BCUT2D eigenvalue weighted by Crippen LogP contribution is -2.46. The van der Waals surface area contributed by atoms with E-state index >= 15 is 0 Å². The normalized spacial score (nSPS) is 17.0. The van der Waals surface area contributed by atoms with Gasteiger partial charge in [-0.15, -0.1) is 0 Å². The van der Waals surface area contributed by atoms with Crippen LogP contribution in [0.2, 0.25) is 0 Å². The Hall–Kier alpha value is -3.26. The van der Waals surface area contributed by atoms with Crippen LogP contribution in [-0.4, -0.2) is 50.8 Å². The van der Waals surface area contributed by atoms with Crippen LogP contribution in [0.15, 0.2) is 39.9 Å². The van der Waals surface area contributed by atoms with E-state index in [4.69, 9.17) is 4.42 Å². The average molecular weight is 416 g/mol. The standard InChI is InChI=1S/C23H24N6O2/c1-27-22-19(12-26-27)23(25-14-24-22)29-7-5-28(6-8-29)13-17-11-21(30)31-20-10-16-4-2-3-15(16)9-18(17)20/h9-12,14H,2-8,13H2,1H3. The minimum atomic E-state index is -0.265. The molecule has 1 aliphatic carbocycles. The van der Waals surface area contributed by atoms with Gasteiger partial charge in [-0.1, -0.05) is 0 Å². The van der Waals surface area contributed by atoms with E-state index in [1.54, 1.807) is 17.1 Å². The molecule has 0 unspecified atom stereocenters. The number of rotatable bonds is 3. The molecule has 0 amide bonds. The fourth-order valence-electron chi connectivity index (χ4n) is 4.99. The van der Waals surface area contributed by atoms with Gasteiger partial charge in [0.25, 0.3) is 0 Å². The second-order valence-electron chi connectivity index (χ2n) is 8.53. The van der Waals surface area contributed by atoms with Crippen molar-refractivity contribution in [2.45, 2.75) is 25.8 Å². The largest absolute Gasteiger partial charge is 0.423 e. The maximum absolute atomic E-state index is 12.2. The van der Waals surface area contributed by atoms with E-state index in [9.17, 15) is 4.79 Å². The Morgan fingerprint density at radius 1 is 1.00 bits per heavy atom. The molecule has 3 aromatic heterocycles. The number of aryl methyl sites for hydroxylation is 3. The number of hydrogen-bond acceptors (Lipinski definition) is 7. The first-order valence-electron chi connectivity index (χ1n) is 10.8. The van der Waals surface area contributed by atoms with E-state index < -0.39 is 0 Å². The van der Waals surface area contributed by atoms with Crippen molar-refractivity contribution in [2.75, 3.05) is 31.1 Å². The third kappa shape index (κ3) is 3.18. The van der Waals surface area contributed by atoms with Crippen molar-refractivity contribution in [3.63, 3.8) is 0 Å². The Balaban J connectivity index is 1.24. The van der Waals surface area contributed by atoms with E-state index in [-0.39, 0.29) is 5.63 Å². The molecule has 8 heteroatoms. The van der Waals surface area contributed by atoms with Gasteiger partial charge in [-0.25, -0.2) is 14.8 Å². The first-order chi connectivity index (χ1) is 15.2. The van der Waals surface area contributed by atoms with Crippen molar-refractivity contribution in [1.82, 2.24) is 24.6 Å². The van der Waals surface area contributed by atoms with E-state index in [0.29, 0.717) is 0 Å². The van der Waals surface area contributed by atoms with Crippen molar-refractivity contribution >= 4 is 27.8 Å². The van der Waals surface area contributed by atoms with Gasteiger partial charge in [0.05, 0.1) is 11.6 Å². The number of anilines is 1. The Labute approximate surface area is 179 Å². The number of benzene rings is 1. The second kappa shape index (κ2) is 7.16. The minimum Gasteiger partial charge on any atom is -0.423 e. The highest BCUT2D eigenvalue weighted by molar-refractivity contribution is 5.86. The summed E-state index contributed by atoms with van der Waals surface area (Å²) < 4.78 is 7.31. The quantitative estimate of drug-likeness (QED) is 0.474. The summed E-state index contributed by atoms with van der Waals surface area (Å²) in [5.41, 5.74) is 5.10. The molecular formula is C23H24N6O2. The zero-order valence-corrected chi connectivity index (χ0v) is 17.5. The molecule has 158 valence electrons. The predicted octanol–water partition coefficient (Wildman–Crippen LogP) is 2.28. The van der Waals surface area contributed by atoms with Crippen LogP contribution in [0, 0.1) is 0 Å². The van der Waals surface area contributed by atoms with Gasteiger partial charge >= 0.3 is 5.63 Å². The summed E-state index contributed by atoms with van der Waals surface area (Å²) in [4.78, 5) is 25.8. The Morgan fingerprint density at radius 3 is 2.65 bits per heavy atom. The zero-order chi connectivity index (χ0) is 20.9. The van der Waals surface area contributed by atoms with Crippen molar-refractivity contribution in [2.24, 2.45) is 7.05 Å². The molecule has 4 heterocycles. The molecule has 1 aromatic carbocycles. The number of hydrogen-bond donors (Lipinski definition) is 0. The van der Waals surface area contributed by atoms with Crippen LogP contribution < -0.4 is 10.5 Å². The molecule has 0 radical (unpaired) electrons. The zero-order valence-electron chi connectivity index (χ0n) is 17.5. The third-order valence-electron chi connectivity index (χ3n) is 6.62. The van der Waals surface area contributed by atoms with Gasteiger partial charge in [-0.2, -0.15) is 5.10 Å². The molecule has 2 aliphatic rings. The second-order valence-corrected chi connectivity index (χ2v) is 8.53. The highest BCUT2D eigenvalue weighted by Crippen LogP contribution is 2.29. The van der Waals surface area contributed by atoms with Crippen molar-refractivity contribution in [1.29, 1.82) is 0 Å². The molecule has 1 fully saturated rings. The van der Waals surface area contributed by atoms with Crippen LogP contribution >= 0.6 is 0 Å². The Morgan fingerprint density at radius 2 is 1.81 bits per heavy atom. The summed E-state index contributed by atoms with van der Waals surface area (Å²) in [5.74, 6) is 0.944. The van der Waals surface area contributed by atoms with Crippen LogP contribution in [0.5, 0.6) is 0 Å². The Bertz CT molecular complexity index is 1350. The molecule has 0 spiro atoms. The molecule has 0 N–H and O–H groups in total. The lowest BCUT2D eigenvalue weighted by Gasteiger charge is -2.35. The first-order valence-corrected chi connectivity index (χ1v) is 10.8. The molecule has 1 saturated heterocycles. The fraction of sp³-hybridized carbons (Fsp3) is 0.391. The molecule has 1 aliphatic heterocycles. The Kier molecular flexibility index (Phi) is 4.27. The van der Waals surface area contributed by atoms with Gasteiger partial charge in [0.15, 0.2) is 5.65 Å². The van der Waals surface area contributed by atoms with Crippen molar-refractivity contribution in [3.8, 4) is 0 Å². The summed E-state index contributed by atoms with van der Waals surface area (Å²) in [6.45, 7) is 4.29. The first kappa shape index (κ1) is 18.5. The number of nitrogens with zero attached hydrogens (tertiary/aromatic N) is 6. The number of piperazine rings is 1. The van der Waals surface area contributed by atoms with E-state index in [1.807, 2.05) is 13.2 Å². The fourth-order valence-corrected chi connectivity index (χ4v) is 4.99. The number of fused-ring (bicyclic) bond motifs is 3. The molecule has 4 aromatic rings. The molecule has 6 rings (SSSR count). The maximum atomic E-state index is 12.2. The van der Waals surface area contributed by atoms with Crippen molar-refractivity contribution in [3.05, 3.63) is 57.8 Å². The smallest absolute Gasteiger partial charge is 0.336 e. The van der Waals surface area contributed by atoms with Crippen LogP contribution in [0.25, 0.3) is 22.0 Å². The average Bonchev–Trinajstić information content (AvgIpc) is 3.39. The summed E-state index contributed by atoms with van der Waals surface area (Å²) in [7, 11) is 1.90. The van der Waals surface area contributed by atoms with E-state index in [2.05, 4.69) is 37.0 Å². The van der Waals surface area contributed by atoms with Crippen LogP contribution in [0.1, 0.15) is 23.1 Å². The molecule has 8 nitrogen and oxygen atoms in total. The molecule has 0 bridgehead atoms. The SMILES string of the molecule is Cn1ncc2c(N3CCN(Cc4cc(=O)oc5cc6c(cc45)CCC6)CC3)ncnc21. The van der Waals surface area contributed by atoms with Crippen LogP contribution in [0.3, 0.4) is 0 Å². The van der Waals surface area contributed by atoms with Crippen LogP contribution in [0.4, 0.5) is 5.82 Å². The van der Waals surface area contributed by atoms with E-state index in [1.165, 1.54) is 17.5 Å². The maximum Gasteiger partial charge on any atom is 0.336 e. The molecule has 31 heavy (non-hydrogen) atoms. The van der Waals surface area contributed by atoms with Gasteiger partial charge in [-0.3, -0.25) is 9.58 Å². The lowest BCUT2D eigenvalue weighted by atomic mass is 10.0. The third-order valence-corrected chi connectivity index (χ3v) is 6.62. The number of aromatic nitrogens is 4. The predicted molar refractivity (Wildman–Crippen MR) is 118 cm³/mol. The van der Waals surface area contributed by atoms with Gasteiger partial charge in [0.1, 0.15) is 17.7 Å². The molecule has 0 atom stereocenters. The highest BCUT2D eigenvalue weighted by Gasteiger charge is 2.22. The summed E-state index contributed by atoms with van der Waals surface area (Å²) in [6, 6.07) is 5.99. The van der Waals surface area contributed by atoms with Crippen molar-refractivity contribution < 1.29 is 4.42 Å².